The summed E-state index contributed by atoms with van der Waals surface area (Å²) in [6, 6.07) is 7.74. The van der Waals surface area contributed by atoms with Crippen LogP contribution in [0, 0.1) is 17.2 Å². The molecule has 1 aromatic heterocycles. The summed E-state index contributed by atoms with van der Waals surface area (Å²) in [7, 11) is 1.66. The van der Waals surface area contributed by atoms with Gasteiger partial charge in [0.15, 0.2) is 5.58 Å². The van der Waals surface area contributed by atoms with Gasteiger partial charge in [-0.1, -0.05) is 19.9 Å². The van der Waals surface area contributed by atoms with Crippen LogP contribution in [0.4, 0.5) is 0 Å². The predicted molar refractivity (Wildman–Crippen MR) is 64.6 cm³/mol. The fraction of sp³-hybridized carbons (Fsp3) is 0.385. The van der Waals surface area contributed by atoms with Crippen molar-refractivity contribution in [1.82, 2.24) is 4.57 Å². The third kappa shape index (κ3) is 1.84. The average molecular weight is 230 g/mol. The first kappa shape index (κ1) is 11.5. The highest BCUT2D eigenvalue weighted by atomic mass is 16.4. The predicted octanol–water partition coefficient (Wildman–Crippen LogP) is 2.39. The molecule has 1 aromatic carbocycles. The lowest BCUT2D eigenvalue weighted by atomic mass is 9.90. The number of nitrogens with zero attached hydrogens (tertiary/aromatic N) is 2. The van der Waals surface area contributed by atoms with E-state index in [1.807, 2.05) is 26.0 Å². The van der Waals surface area contributed by atoms with Crippen LogP contribution < -0.4 is 5.76 Å². The molecule has 0 radical (unpaired) electrons. The summed E-state index contributed by atoms with van der Waals surface area (Å²) in [5, 5.41) is 9.15. The van der Waals surface area contributed by atoms with Crippen molar-refractivity contribution in [2.75, 3.05) is 0 Å². The van der Waals surface area contributed by atoms with E-state index in [4.69, 9.17) is 9.68 Å². The smallest absolute Gasteiger partial charge is 0.408 e. The van der Waals surface area contributed by atoms with Crippen molar-refractivity contribution >= 4 is 11.1 Å². The van der Waals surface area contributed by atoms with Crippen LogP contribution in [0.1, 0.15) is 25.3 Å². The van der Waals surface area contributed by atoms with Gasteiger partial charge >= 0.3 is 5.76 Å². The van der Waals surface area contributed by atoms with Crippen molar-refractivity contribution in [3.63, 3.8) is 0 Å². The van der Waals surface area contributed by atoms with E-state index in [2.05, 4.69) is 6.07 Å². The Morgan fingerprint density at radius 3 is 2.71 bits per heavy atom. The number of rotatable bonds is 2. The number of benzene rings is 1. The van der Waals surface area contributed by atoms with Gasteiger partial charge in [0.2, 0.25) is 0 Å². The van der Waals surface area contributed by atoms with E-state index < -0.39 is 0 Å². The van der Waals surface area contributed by atoms with Gasteiger partial charge in [-0.2, -0.15) is 5.26 Å². The third-order valence-corrected chi connectivity index (χ3v) is 2.98. The van der Waals surface area contributed by atoms with Gasteiger partial charge < -0.3 is 4.42 Å². The zero-order valence-electron chi connectivity index (χ0n) is 10.1. The molecular formula is C13H14N2O2. The van der Waals surface area contributed by atoms with Gasteiger partial charge in [0, 0.05) is 7.05 Å². The molecule has 0 spiro atoms. The molecule has 4 heteroatoms. The Morgan fingerprint density at radius 2 is 2.12 bits per heavy atom. The molecule has 1 unspecified atom stereocenters. The summed E-state index contributed by atoms with van der Waals surface area (Å²) < 4.78 is 6.50. The highest BCUT2D eigenvalue weighted by molar-refractivity contribution is 5.74. The van der Waals surface area contributed by atoms with E-state index in [1.54, 1.807) is 13.1 Å². The Bertz CT molecular complexity index is 643. The monoisotopic (exact) mass is 230 g/mol. The molecule has 0 bridgehead atoms. The van der Waals surface area contributed by atoms with Crippen molar-refractivity contribution in [2.45, 2.75) is 19.8 Å². The number of hydrogen-bond acceptors (Lipinski definition) is 3. The van der Waals surface area contributed by atoms with E-state index in [0.717, 1.165) is 11.1 Å². The van der Waals surface area contributed by atoms with Gasteiger partial charge in [-0.3, -0.25) is 4.57 Å². The van der Waals surface area contributed by atoms with Crippen LogP contribution in [-0.2, 0) is 7.05 Å². The molecule has 2 aromatic rings. The Balaban J connectivity index is 2.62. The third-order valence-electron chi connectivity index (χ3n) is 2.98. The minimum atomic E-state index is -0.379. The maximum absolute atomic E-state index is 11.4. The van der Waals surface area contributed by atoms with Crippen LogP contribution >= 0.6 is 0 Å². The van der Waals surface area contributed by atoms with Crippen LogP contribution in [0.5, 0.6) is 0 Å². The number of aryl methyl sites for hydroxylation is 1. The first-order valence-corrected chi connectivity index (χ1v) is 5.53. The first-order chi connectivity index (χ1) is 8.04. The summed E-state index contributed by atoms with van der Waals surface area (Å²) in [6.45, 7) is 4.01. The zero-order valence-corrected chi connectivity index (χ0v) is 10.1. The second-order valence-corrected chi connectivity index (χ2v) is 4.50. The van der Waals surface area contributed by atoms with Gasteiger partial charge in [-0.25, -0.2) is 4.79 Å². The van der Waals surface area contributed by atoms with Crippen LogP contribution in [0.15, 0.2) is 27.4 Å². The Morgan fingerprint density at radius 1 is 1.41 bits per heavy atom. The second-order valence-electron chi connectivity index (χ2n) is 4.50. The van der Waals surface area contributed by atoms with Crippen LogP contribution in [0.25, 0.3) is 11.1 Å². The Labute approximate surface area is 99.1 Å². The van der Waals surface area contributed by atoms with Crippen molar-refractivity contribution in [3.8, 4) is 6.07 Å². The molecule has 1 heterocycles. The van der Waals surface area contributed by atoms with E-state index in [1.165, 1.54) is 4.57 Å². The van der Waals surface area contributed by atoms with Gasteiger partial charge in [0.1, 0.15) is 0 Å². The fourth-order valence-electron chi connectivity index (χ4n) is 1.95. The van der Waals surface area contributed by atoms with Crippen molar-refractivity contribution in [2.24, 2.45) is 13.0 Å². The molecule has 2 rings (SSSR count). The SMILES string of the molecule is CC(C)C(C#N)c1ccc2oc(=O)n(C)c2c1. The zero-order chi connectivity index (χ0) is 12.6. The summed E-state index contributed by atoms with van der Waals surface area (Å²) in [5.74, 6) is -0.305. The molecule has 0 N–H and O–H groups in total. The molecule has 17 heavy (non-hydrogen) atoms. The summed E-state index contributed by atoms with van der Waals surface area (Å²) in [5.41, 5.74) is 2.21. The maximum Gasteiger partial charge on any atom is 0.419 e. The van der Waals surface area contributed by atoms with E-state index >= 15 is 0 Å². The average Bonchev–Trinajstić information content (AvgIpc) is 2.56. The standard InChI is InChI=1S/C13H14N2O2/c1-8(2)10(7-14)9-4-5-12-11(6-9)15(3)13(16)17-12/h4-6,8,10H,1-3H3. The Kier molecular flexibility index (Phi) is 2.76. The molecule has 0 saturated carbocycles. The largest absolute Gasteiger partial charge is 0.419 e. The maximum atomic E-state index is 11.4. The number of aromatic nitrogens is 1. The topological polar surface area (TPSA) is 58.9 Å². The van der Waals surface area contributed by atoms with Gasteiger partial charge in [-0.05, 0) is 23.6 Å². The lowest BCUT2D eigenvalue weighted by Crippen LogP contribution is -2.09. The molecule has 0 amide bonds. The fourth-order valence-corrected chi connectivity index (χ4v) is 1.95. The molecular weight excluding hydrogens is 216 g/mol. The van der Waals surface area contributed by atoms with E-state index in [9.17, 15) is 4.79 Å². The number of oxazole rings is 1. The normalized spacial score (nSPS) is 12.9. The molecule has 0 saturated heterocycles. The van der Waals surface area contributed by atoms with Crippen LogP contribution in [-0.4, -0.2) is 4.57 Å². The number of hydrogen-bond donors (Lipinski definition) is 0. The summed E-state index contributed by atoms with van der Waals surface area (Å²) in [6.07, 6.45) is 0. The summed E-state index contributed by atoms with van der Waals surface area (Å²) in [4.78, 5) is 11.4. The molecule has 1 atom stereocenters. The van der Waals surface area contributed by atoms with E-state index in [0.29, 0.717) is 5.58 Å². The molecule has 88 valence electrons. The Hall–Kier alpha value is -2.02. The quantitative estimate of drug-likeness (QED) is 0.795. The minimum absolute atomic E-state index is 0.163. The van der Waals surface area contributed by atoms with Crippen LogP contribution in [0.2, 0.25) is 0 Å². The van der Waals surface area contributed by atoms with E-state index in [-0.39, 0.29) is 17.6 Å². The van der Waals surface area contributed by atoms with Gasteiger partial charge in [0.05, 0.1) is 17.5 Å². The van der Waals surface area contributed by atoms with Crippen molar-refractivity contribution < 1.29 is 4.42 Å². The lowest BCUT2D eigenvalue weighted by Gasteiger charge is -2.12. The van der Waals surface area contributed by atoms with Gasteiger partial charge in [0.25, 0.3) is 0 Å². The molecule has 4 nitrogen and oxygen atoms in total. The van der Waals surface area contributed by atoms with Crippen molar-refractivity contribution in [1.29, 1.82) is 5.26 Å². The first-order valence-electron chi connectivity index (χ1n) is 5.53. The van der Waals surface area contributed by atoms with Crippen LogP contribution in [0.3, 0.4) is 0 Å². The highest BCUT2D eigenvalue weighted by Gasteiger charge is 2.16. The molecule has 0 aliphatic rings. The molecule has 0 aliphatic carbocycles. The van der Waals surface area contributed by atoms with Crippen molar-refractivity contribution in [3.05, 3.63) is 34.3 Å². The number of nitriles is 1. The minimum Gasteiger partial charge on any atom is -0.408 e. The number of fused-ring (bicyclic) bond motifs is 1. The highest BCUT2D eigenvalue weighted by Crippen LogP contribution is 2.26. The lowest BCUT2D eigenvalue weighted by molar-refractivity contribution is 0.528. The molecule has 0 aliphatic heterocycles. The molecule has 0 fully saturated rings. The second kappa shape index (κ2) is 4.10. The van der Waals surface area contributed by atoms with Gasteiger partial charge in [-0.15, -0.1) is 0 Å². The summed E-state index contributed by atoms with van der Waals surface area (Å²) >= 11 is 0.